The van der Waals surface area contributed by atoms with E-state index in [-0.39, 0.29) is 31.0 Å². The third kappa shape index (κ3) is 7.37. The standard InChI is InChI=1S/C27H33BrCl2N2O3/c1-4-24(27(34)31-19-9-6-5-7-10-19)32(15-21-22(29)11-8-12-23(21)30)25(33)16-35-20-13-17(2)26(28)18(3)14-20/h8,11-14,19,24H,4-7,9-10,15-16H2,1-3H3,(H,31,34). The molecule has 0 aromatic heterocycles. The number of carbonyl (C=O) groups excluding carboxylic acids is 2. The van der Waals surface area contributed by atoms with Gasteiger partial charge in [0.25, 0.3) is 5.91 Å². The Hall–Kier alpha value is -1.76. The summed E-state index contributed by atoms with van der Waals surface area (Å²) in [6.07, 6.45) is 5.82. The molecule has 1 aliphatic carbocycles. The van der Waals surface area contributed by atoms with E-state index < -0.39 is 6.04 Å². The normalized spacial score (nSPS) is 14.9. The molecule has 8 heteroatoms. The predicted molar refractivity (Wildman–Crippen MR) is 145 cm³/mol. The largest absolute Gasteiger partial charge is 0.484 e. The maximum atomic E-state index is 13.5. The third-order valence-corrected chi connectivity index (χ3v) is 8.46. The summed E-state index contributed by atoms with van der Waals surface area (Å²) in [6, 6.07) is 8.48. The Bertz CT molecular complexity index is 1010. The molecule has 1 N–H and O–H groups in total. The number of halogens is 3. The first-order chi connectivity index (χ1) is 16.7. The number of nitrogens with one attached hydrogen (secondary N) is 1. The van der Waals surface area contributed by atoms with Gasteiger partial charge >= 0.3 is 0 Å². The molecule has 5 nitrogen and oxygen atoms in total. The fraction of sp³-hybridized carbons (Fsp3) is 0.481. The highest BCUT2D eigenvalue weighted by molar-refractivity contribution is 9.10. The molecule has 2 aromatic rings. The van der Waals surface area contributed by atoms with Gasteiger partial charge in [0.05, 0.1) is 0 Å². The van der Waals surface area contributed by atoms with Crippen molar-refractivity contribution in [1.82, 2.24) is 10.2 Å². The van der Waals surface area contributed by atoms with Crippen molar-refractivity contribution in [3.05, 3.63) is 61.5 Å². The van der Waals surface area contributed by atoms with E-state index in [1.54, 1.807) is 23.1 Å². The Kier molecular flexibility index (Phi) is 10.3. The predicted octanol–water partition coefficient (Wildman–Crippen LogP) is 7.01. The van der Waals surface area contributed by atoms with Crippen LogP contribution in [0.25, 0.3) is 0 Å². The second-order valence-electron chi connectivity index (χ2n) is 9.15. The number of aryl methyl sites for hydroxylation is 2. The van der Waals surface area contributed by atoms with Crippen molar-refractivity contribution in [2.75, 3.05) is 6.61 Å². The monoisotopic (exact) mass is 582 g/mol. The molecular weight excluding hydrogens is 551 g/mol. The molecule has 0 bridgehead atoms. The fourth-order valence-corrected chi connectivity index (χ4v) is 5.28. The summed E-state index contributed by atoms with van der Waals surface area (Å²) in [6.45, 7) is 5.77. The van der Waals surface area contributed by atoms with Crippen LogP contribution < -0.4 is 10.1 Å². The van der Waals surface area contributed by atoms with E-state index in [0.29, 0.717) is 27.8 Å². The Balaban J connectivity index is 1.83. The van der Waals surface area contributed by atoms with Gasteiger partial charge in [0.2, 0.25) is 5.91 Å². The molecule has 1 unspecified atom stereocenters. The number of benzene rings is 2. The topological polar surface area (TPSA) is 58.6 Å². The molecule has 2 amide bonds. The zero-order valence-corrected chi connectivity index (χ0v) is 23.6. The van der Waals surface area contributed by atoms with E-state index in [4.69, 9.17) is 27.9 Å². The van der Waals surface area contributed by atoms with Crippen molar-refractivity contribution in [3.63, 3.8) is 0 Å². The first kappa shape index (κ1) is 27.8. The number of ether oxygens (including phenoxy) is 1. The van der Waals surface area contributed by atoms with Crippen molar-refractivity contribution in [2.24, 2.45) is 0 Å². The molecule has 0 spiro atoms. The number of amides is 2. The van der Waals surface area contributed by atoms with Gasteiger partial charge in [-0.3, -0.25) is 9.59 Å². The van der Waals surface area contributed by atoms with Crippen molar-refractivity contribution in [1.29, 1.82) is 0 Å². The molecule has 0 heterocycles. The fourth-order valence-electron chi connectivity index (χ4n) is 4.54. The van der Waals surface area contributed by atoms with Crippen LogP contribution in [0.5, 0.6) is 5.75 Å². The quantitative estimate of drug-likeness (QED) is 0.345. The average molecular weight is 584 g/mol. The van der Waals surface area contributed by atoms with E-state index >= 15 is 0 Å². The van der Waals surface area contributed by atoms with E-state index in [9.17, 15) is 9.59 Å². The second-order valence-corrected chi connectivity index (χ2v) is 10.8. The lowest BCUT2D eigenvalue weighted by atomic mass is 9.95. The zero-order valence-electron chi connectivity index (χ0n) is 20.5. The molecular formula is C27H33BrCl2N2O3. The minimum atomic E-state index is -0.659. The van der Waals surface area contributed by atoms with Gasteiger partial charge in [-0.05, 0) is 68.5 Å². The van der Waals surface area contributed by atoms with E-state index in [0.717, 1.165) is 41.3 Å². The van der Waals surface area contributed by atoms with Gasteiger partial charge in [0.15, 0.2) is 6.61 Å². The lowest BCUT2D eigenvalue weighted by Gasteiger charge is -2.33. The van der Waals surface area contributed by atoms with Gasteiger partial charge in [-0.1, -0.05) is 71.4 Å². The molecule has 3 rings (SSSR count). The lowest BCUT2D eigenvalue weighted by molar-refractivity contribution is -0.143. The number of rotatable bonds is 9. The minimum Gasteiger partial charge on any atom is -0.484 e. The average Bonchev–Trinajstić information content (AvgIpc) is 2.83. The smallest absolute Gasteiger partial charge is 0.261 e. The first-order valence-corrected chi connectivity index (χ1v) is 13.7. The molecule has 1 aliphatic rings. The van der Waals surface area contributed by atoms with Crippen molar-refractivity contribution >= 4 is 50.9 Å². The van der Waals surface area contributed by atoms with E-state index in [2.05, 4.69) is 21.2 Å². The molecule has 35 heavy (non-hydrogen) atoms. The molecule has 1 atom stereocenters. The summed E-state index contributed by atoms with van der Waals surface area (Å²) < 4.78 is 6.89. The molecule has 0 aliphatic heterocycles. The van der Waals surface area contributed by atoms with E-state index in [1.165, 1.54) is 6.42 Å². The first-order valence-electron chi connectivity index (χ1n) is 12.1. The van der Waals surface area contributed by atoms with Crippen LogP contribution in [0, 0.1) is 13.8 Å². The Morgan fingerprint density at radius 1 is 1.11 bits per heavy atom. The Morgan fingerprint density at radius 3 is 2.29 bits per heavy atom. The number of nitrogens with zero attached hydrogens (tertiary/aromatic N) is 1. The molecule has 0 radical (unpaired) electrons. The summed E-state index contributed by atoms with van der Waals surface area (Å²) in [5.41, 5.74) is 2.65. The number of hydrogen-bond donors (Lipinski definition) is 1. The van der Waals surface area contributed by atoms with Crippen molar-refractivity contribution < 1.29 is 14.3 Å². The highest BCUT2D eigenvalue weighted by atomic mass is 79.9. The second kappa shape index (κ2) is 13.0. The van der Waals surface area contributed by atoms with E-state index in [1.807, 2.05) is 32.9 Å². The van der Waals surface area contributed by atoms with Gasteiger partial charge in [-0.2, -0.15) is 0 Å². The maximum absolute atomic E-state index is 13.5. The summed E-state index contributed by atoms with van der Waals surface area (Å²) in [7, 11) is 0. The molecule has 0 saturated heterocycles. The van der Waals surface area contributed by atoms with Gasteiger partial charge in [0.1, 0.15) is 11.8 Å². The molecule has 2 aromatic carbocycles. The highest BCUT2D eigenvalue weighted by Crippen LogP contribution is 2.29. The summed E-state index contributed by atoms with van der Waals surface area (Å²) in [5, 5.41) is 4.08. The van der Waals surface area contributed by atoms with Gasteiger partial charge < -0.3 is 15.0 Å². The highest BCUT2D eigenvalue weighted by Gasteiger charge is 2.31. The van der Waals surface area contributed by atoms with Gasteiger partial charge in [-0.25, -0.2) is 0 Å². The van der Waals surface area contributed by atoms with Crippen LogP contribution in [-0.4, -0.2) is 35.4 Å². The van der Waals surface area contributed by atoms with Gasteiger partial charge in [0, 0.05) is 32.7 Å². The summed E-state index contributed by atoms with van der Waals surface area (Å²) in [4.78, 5) is 28.4. The third-order valence-electron chi connectivity index (χ3n) is 6.50. The Morgan fingerprint density at radius 2 is 1.71 bits per heavy atom. The zero-order chi connectivity index (χ0) is 25.5. The van der Waals surface area contributed by atoms with Crippen LogP contribution in [0.2, 0.25) is 10.0 Å². The molecule has 1 fully saturated rings. The van der Waals surface area contributed by atoms with Crippen LogP contribution in [0.3, 0.4) is 0 Å². The SMILES string of the molecule is CCC(C(=O)NC1CCCCC1)N(Cc1c(Cl)cccc1Cl)C(=O)COc1cc(C)c(Br)c(C)c1. The van der Waals surface area contributed by atoms with Crippen LogP contribution in [0.4, 0.5) is 0 Å². The van der Waals surface area contributed by atoms with Crippen LogP contribution >= 0.6 is 39.1 Å². The maximum Gasteiger partial charge on any atom is 0.261 e. The van der Waals surface area contributed by atoms with Crippen LogP contribution in [0.15, 0.2) is 34.8 Å². The van der Waals surface area contributed by atoms with Gasteiger partial charge in [-0.15, -0.1) is 0 Å². The van der Waals surface area contributed by atoms with Crippen molar-refractivity contribution in [2.45, 2.75) is 77.9 Å². The van der Waals surface area contributed by atoms with Crippen LogP contribution in [0.1, 0.15) is 62.1 Å². The number of carbonyl (C=O) groups is 2. The summed E-state index contributed by atoms with van der Waals surface area (Å²) >= 11 is 16.4. The molecule has 190 valence electrons. The summed E-state index contributed by atoms with van der Waals surface area (Å²) in [5.74, 6) is 0.156. The van der Waals surface area contributed by atoms with Crippen molar-refractivity contribution in [3.8, 4) is 5.75 Å². The Labute approximate surface area is 226 Å². The molecule has 1 saturated carbocycles. The number of hydrogen-bond acceptors (Lipinski definition) is 3. The lowest BCUT2D eigenvalue weighted by Crippen LogP contribution is -2.52. The van der Waals surface area contributed by atoms with Crippen LogP contribution in [-0.2, 0) is 16.1 Å². The minimum absolute atomic E-state index is 0.121.